The predicted molar refractivity (Wildman–Crippen MR) is 59.8 cm³/mol. The van der Waals surface area contributed by atoms with E-state index in [2.05, 4.69) is 23.9 Å². The summed E-state index contributed by atoms with van der Waals surface area (Å²) in [5.41, 5.74) is 0. The van der Waals surface area contributed by atoms with Crippen LogP contribution in [0.3, 0.4) is 0 Å². The molecular formula is C9H22N2O2S. The van der Waals surface area contributed by atoms with Gasteiger partial charge < -0.3 is 5.32 Å². The van der Waals surface area contributed by atoms with Crippen LogP contribution in [0.1, 0.15) is 33.6 Å². The number of hydrogen-bond donors (Lipinski definition) is 2. The van der Waals surface area contributed by atoms with E-state index in [1.807, 2.05) is 0 Å². The third kappa shape index (κ3) is 7.29. The molecule has 0 fully saturated rings. The molecule has 0 spiro atoms. The molecule has 0 aromatic rings. The van der Waals surface area contributed by atoms with Gasteiger partial charge in [0.25, 0.3) is 0 Å². The lowest BCUT2D eigenvalue weighted by Gasteiger charge is -2.10. The van der Waals surface area contributed by atoms with Gasteiger partial charge in [-0.15, -0.1) is 0 Å². The summed E-state index contributed by atoms with van der Waals surface area (Å²) in [6.07, 6.45) is 1.93. The molecule has 86 valence electrons. The van der Waals surface area contributed by atoms with Crippen molar-refractivity contribution in [2.24, 2.45) is 0 Å². The van der Waals surface area contributed by atoms with Crippen LogP contribution >= 0.6 is 0 Å². The van der Waals surface area contributed by atoms with E-state index in [0.29, 0.717) is 12.6 Å². The average molecular weight is 222 g/mol. The van der Waals surface area contributed by atoms with Crippen LogP contribution in [-0.4, -0.2) is 33.3 Å². The summed E-state index contributed by atoms with van der Waals surface area (Å²) in [6.45, 7) is 7.27. The van der Waals surface area contributed by atoms with E-state index in [1.165, 1.54) is 0 Å². The lowest BCUT2D eigenvalue weighted by molar-refractivity contribution is 0.520. The Morgan fingerprint density at radius 1 is 1.21 bits per heavy atom. The lowest BCUT2D eigenvalue weighted by Crippen LogP contribution is -2.31. The molecular weight excluding hydrogens is 200 g/mol. The van der Waals surface area contributed by atoms with Crippen molar-refractivity contribution in [1.29, 1.82) is 0 Å². The normalized spacial score (nSPS) is 14.2. The minimum absolute atomic E-state index is 0.159. The Bertz CT molecular complexity index is 227. The molecule has 2 N–H and O–H groups in total. The van der Waals surface area contributed by atoms with Gasteiger partial charge in [-0.2, -0.15) is 0 Å². The summed E-state index contributed by atoms with van der Waals surface area (Å²) in [5, 5.41) is 3.30. The maximum absolute atomic E-state index is 11.0. The van der Waals surface area contributed by atoms with Crippen molar-refractivity contribution in [2.45, 2.75) is 39.7 Å². The number of sulfonamides is 1. The van der Waals surface area contributed by atoms with E-state index in [9.17, 15) is 8.42 Å². The van der Waals surface area contributed by atoms with Crippen LogP contribution in [0.5, 0.6) is 0 Å². The summed E-state index contributed by atoms with van der Waals surface area (Å²) in [7, 11) is -3.00. The van der Waals surface area contributed by atoms with Crippen molar-refractivity contribution in [3.05, 3.63) is 0 Å². The maximum Gasteiger partial charge on any atom is 0.211 e. The number of nitrogens with one attached hydrogen (secondary N) is 2. The third-order valence-electron chi connectivity index (χ3n) is 2.16. The zero-order valence-corrected chi connectivity index (χ0v) is 10.2. The fraction of sp³-hybridized carbons (Fsp3) is 1.00. The minimum atomic E-state index is -3.00. The van der Waals surface area contributed by atoms with Gasteiger partial charge in [-0.05, 0) is 33.2 Å². The van der Waals surface area contributed by atoms with Gasteiger partial charge in [0, 0.05) is 12.6 Å². The van der Waals surface area contributed by atoms with Crippen molar-refractivity contribution in [3.63, 3.8) is 0 Å². The first-order valence-electron chi connectivity index (χ1n) is 5.22. The van der Waals surface area contributed by atoms with Crippen LogP contribution < -0.4 is 10.0 Å². The largest absolute Gasteiger partial charge is 0.314 e. The summed E-state index contributed by atoms with van der Waals surface area (Å²) < 4.78 is 24.6. The highest BCUT2D eigenvalue weighted by molar-refractivity contribution is 7.89. The predicted octanol–water partition coefficient (Wildman–Crippen LogP) is 0.704. The average Bonchev–Trinajstić information content (AvgIpc) is 2.17. The van der Waals surface area contributed by atoms with Gasteiger partial charge in [-0.1, -0.05) is 6.92 Å². The van der Waals surface area contributed by atoms with Gasteiger partial charge in [0.2, 0.25) is 10.0 Å². The van der Waals surface area contributed by atoms with Gasteiger partial charge in [-0.3, -0.25) is 0 Å². The maximum atomic E-state index is 11.0. The molecule has 0 amide bonds. The summed E-state index contributed by atoms with van der Waals surface area (Å²) in [6, 6.07) is 0.512. The lowest BCUT2D eigenvalue weighted by atomic mass is 10.2. The van der Waals surface area contributed by atoms with Crippen LogP contribution in [0, 0.1) is 0 Å². The Labute approximate surface area is 87.5 Å². The van der Waals surface area contributed by atoms with Gasteiger partial charge in [0.05, 0.1) is 5.75 Å². The van der Waals surface area contributed by atoms with E-state index in [-0.39, 0.29) is 5.75 Å². The first-order valence-corrected chi connectivity index (χ1v) is 6.87. The summed E-state index contributed by atoms with van der Waals surface area (Å²) >= 11 is 0. The first kappa shape index (κ1) is 13.9. The molecule has 4 nitrogen and oxygen atoms in total. The Morgan fingerprint density at radius 2 is 1.86 bits per heavy atom. The smallest absolute Gasteiger partial charge is 0.211 e. The second-order valence-corrected chi connectivity index (χ2v) is 5.51. The van der Waals surface area contributed by atoms with Gasteiger partial charge >= 0.3 is 0 Å². The van der Waals surface area contributed by atoms with E-state index in [0.717, 1.165) is 19.4 Å². The molecule has 0 saturated carbocycles. The molecule has 14 heavy (non-hydrogen) atoms. The molecule has 0 saturated heterocycles. The van der Waals surface area contributed by atoms with Gasteiger partial charge in [0.1, 0.15) is 0 Å². The second-order valence-electron chi connectivity index (χ2n) is 3.41. The number of rotatable bonds is 8. The highest BCUT2D eigenvalue weighted by Crippen LogP contribution is 1.88. The molecule has 0 radical (unpaired) electrons. The van der Waals surface area contributed by atoms with Gasteiger partial charge in [0.15, 0.2) is 0 Å². The Hall–Kier alpha value is -0.130. The van der Waals surface area contributed by atoms with Crippen LogP contribution in [0.2, 0.25) is 0 Å². The van der Waals surface area contributed by atoms with Crippen LogP contribution in [0.25, 0.3) is 0 Å². The molecule has 0 aliphatic heterocycles. The summed E-state index contributed by atoms with van der Waals surface area (Å²) in [4.78, 5) is 0. The van der Waals surface area contributed by atoms with Crippen LogP contribution in [-0.2, 0) is 10.0 Å². The van der Waals surface area contributed by atoms with E-state index in [4.69, 9.17) is 0 Å². The highest BCUT2D eigenvalue weighted by atomic mass is 32.2. The van der Waals surface area contributed by atoms with Crippen molar-refractivity contribution in [1.82, 2.24) is 10.0 Å². The summed E-state index contributed by atoms with van der Waals surface area (Å²) in [5.74, 6) is 0.159. The second kappa shape index (κ2) is 7.20. The molecule has 1 unspecified atom stereocenters. The van der Waals surface area contributed by atoms with Crippen molar-refractivity contribution in [2.75, 3.05) is 18.8 Å². The molecule has 0 aromatic heterocycles. The zero-order chi connectivity index (χ0) is 11.0. The Kier molecular flexibility index (Phi) is 7.13. The minimum Gasteiger partial charge on any atom is -0.314 e. The topological polar surface area (TPSA) is 58.2 Å². The zero-order valence-electron chi connectivity index (χ0n) is 9.34. The van der Waals surface area contributed by atoms with Crippen LogP contribution in [0.4, 0.5) is 0 Å². The van der Waals surface area contributed by atoms with Crippen molar-refractivity contribution >= 4 is 10.0 Å². The van der Waals surface area contributed by atoms with Gasteiger partial charge in [-0.25, -0.2) is 13.1 Å². The Balaban J connectivity index is 3.39. The fourth-order valence-corrected chi connectivity index (χ4v) is 1.57. The third-order valence-corrected chi connectivity index (χ3v) is 3.56. The molecule has 5 heteroatoms. The van der Waals surface area contributed by atoms with Crippen molar-refractivity contribution in [3.8, 4) is 0 Å². The quantitative estimate of drug-likeness (QED) is 0.595. The molecule has 0 aliphatic carbocycles. The first-order chi connectivity index (χ1) is 6.52. The SMILES string of the molecule is CCC(C)NCCCNS(=O)(=O)CC. The molecule has 0 aliphatic rings. The molecule has 1 atom stereocenters. The van der Waals surface area contributed by atoms with E-state index >= 15 is 0 Å². The molecule has 0 heterocycles. The van der Waals surface area contributed by atoms with E-state index in [1.54, 1.807) is 6.92 Å². The standard InChI is InChI=1S/C9H22N2O2S/c1-4-9(3)10-7-6-8-11-14(12,13)5-2/h9-11H,4-8H2,1-3H3. The molecule has 0 rings (SSSR count). The highest BCUT2D eigenvalue weighted by Gasteiger charge is 2.04. The molecule has 0 bridgehead atoms. The Morgan fingerprint density at radius 3 is 2.36 bits per heavy atom. The monoisotopic (exact) mass is 222 g/mol. The fourth-order valence-electron chi connectivity index (χ4n) is 0.911. The number of hydrogen-bond acceptors (Lipinski definition) is 3. The van der Waals surface area contributed by atoms with E-state index < -0.39 is 10.0 Å². The molecule has 0 aromatic carbocycles. The van der Waals surface area contributed by atoms with Crippen molar-refractivity contribution < 1.29 is 8.42 Å². The van der Waals surface area contributed by atoms with Crippen LogP contribution in [0.15, 0.2) is 0 Å².